The van der Waals surface area contributed by atoms with E-state index in [0.717, 1.165) is 12.8 Å². The Bertz CT molecular complexity index is 711. The average molecular weight is 325 g/mol. The molecule has 0 radical (unpaired) electrons. The van der Waals surface area contributed by atoms with Crippen molar-refractivity contribution in [3.63, 3.8) is 0 Å². The minimum absolute atomic E-state index is 0.0297. The standard InChI is InChI=1S/C22H31NO/c1-8-10-15(9-2)22(5,6)17-12-13(3)11-16-18(17)14(4)23-20-19(16)21(20)24-7/h10-12,19-21H,8-9H2,1-7H3/b15-10+. The van der Waals surface area contributed by atoms with Crippen molar-refractivity contribution in [3.05, 3.63) is 46.0 Å². The number of hydrogen-bond acceptors (Lipinski definition) is 2. The Labute approximate surface area is 147 Å². The van der Waals surface area contributed by atoms with Crippen LogP contribution in [0.5, 0.6) is 0 Å². The summed E-state index contributed by atoms with van der Waals surface area (Å²) in [7, 11) is 1.81. The molecule has 1 heterocycles. The van der Waals surface area contributed by atoms with Gasteiger partial charge in [-0.1, -0.05) is 57.0 Å². The second kappa shape index (κ2) is 6.15. The third-order valence-corrected chi connectivity index (χ3v) is 5.87. The first-order valence-corrected chi connectivity index (χ1v) is 9.28. The van der Waals surface area contributed by atoms with Crippen molar-refractivity contribution >= 4 is 5.71 Å². The van der Waals surface area contributed by atoms with Gasteiger partial charge in [-0.2, -0.15) is 0 Å². The van der Waals surface area contributed by atoms with Gasteiger partial charge in [0.25, 0.3) is 0 Å². The van der Waals surface area contributed by atoms with E-state index in [0.29, 0.717) is 12.0 Å². The first-order chi connectivity index (χ1) is 11.4. The minimum atomic E-state index is 0.0297. The molecule has 0 spiro atoms. The van der Waals surface area contributed by atoms with Gasteiger partial charge in [-0.3, -0.25) is 4.99 Å². The van der Waals surface area contributed by atoms with Gasteiger partial charge in [0.2, 0.25) is 0 Å². The van der Waals surface area contributed by atoms with Crippen LogP contribution in [-0.2, 0) is 10.2 Å². The minimum Gasteiger partial charge on any atom is -0.378 e. The van der Waals surface area contributed by atoms with E-state index in [1.165, 1.54) is 33.5 Å². The number of methoxy groups -OCH3 is 1. The Morgan fingerprint density at radius 2 is 1.96 bits per heavy atom. The molecule has 2 aliphatic rings. The molecule has 1 saturated carbocycles. The number of fused-ring (bicyclic) bond motifs is 3. The van der Waals surface area contributed by atoms with Gasteiger partial charge in [-0.15, -0.1) is 0 Å². The Kier molecular flexibility index (Phi) is 4.46. The van der Waals surface area contributed by atoms with Crippen LogP contribution in [0.3, 0.4) is 0 Å². The van der Waals surface area contributed by atoms with Crippen LogP contribution in [0.4, 0.5) is 0 Å². The van der Waals surface area contributed by atoms with Crippen molar-refractivity contribution in [2.24, 2.45) is 4.99 Å². The number of aliphatic imine (C=N–C) groups is 1. The molecule has 0 aromatic heterocycles. The normalized spacial score (nSPS) is 25.9. The SMILES string of the molecule is CC/C=C(\CC)C(C)(C)c1cc(C)cc2c1C(C)=NC1C(OC)C21. The van der Waals surface area contributed by atoms with Crippen LogP contribution in [0.2, 0.25) is 0 Å². The number of allylic oxidation sites excluding steroid dienone is 2. The van der Waals surface area contributed by atoms with Gasteiger partial charge in [0.1, 0.15) is 0 Å². The van der Waals surface area contributed by atoms with Gasteiger partial charge in [0.15, 0.2) is 0 Å². The molecule has 0 amide bonds. The van der Waals surface area contributed by atoms with Crippen LogP contribution in [0.15, 0.2) is 28.8 Å². The third kappa shape index (κ3) is 2.56. The summed E-state index contributed by atoms with van der Waals surface area (Å²) in [5.74, 6) is 0.448. The predicted molar refractivity (Wildman–Crippen MR) is 102 cm³/mol. The zero-order valence-corrected chi connectivity index (χ0v) is 16.2. The maximum atomic E-state index is 5.67. The van der Waals surface area contributed by atoms with Crippen molar-refractivity contribution in [1.29, 1.82) is 0 Å². The molecular weight excluding hydrogens is 294 g/mol. The monoisotopic (exact) mass is 325 g/mol. The largest absolute Gasteiger partial charge is 0.378 e. The number of benzene rings is 1. The molecule has 1 aromatic rings. The Morgan fingerprint density at radius 3 is 2.54 bits per heavy atom. The lowest BCUT2D eigenvalue weighted by molar-refractivity contribution is 0.174. The number of ether oxygens (including phenoxy) is 1. The van der Waals surface area contributed by atoms with Crippen molar-refractivity contribution in [2.75, 3.05) is 7.11 Å². The zero-order chi connectivity index (χ0) is 17.6. The second-order valence-corrected chi connectivity index (χ2v) is 7.82. The highest BCUT2D eigenvalue weighted by molar-refractivity contribution is 6.04. The van der Waals surface area contributed by atoms with E-state index in [9.17, 15) is 0 Å². The highest BCUT2D eigenvalue weighted by Gasteiger charge is 2.55. The Balaban J connectivity index is 2.19. The van der Waals surface area contributed by atoms with Gasteiger partial charge >= 0.3 is 0 Å². The number of nitrogens with zero attached hydrogens (tertiary/aromatic N) is 1. The summed E-state index contributed by atoms with van der Waals surface area (Å²) < 4.78 is 5.67. The third-order valence-electron chi connectivity index (χ3n) is 5.87. The molecule has 2 heteroatoms. The summed E-state index contributed by atoms with van der Waals surface area (Å²) in [6.45, 7) is 13.6. The van der Waals surface area contributed by atoms with E-state index < -0.39 is 0 Å². The van der Waals surface area contributed by atoms with E-state index in [4.69, 9.17) is 9.73 Å². The first kappa shape index (κ1) is 17.4. The maximum absolute atomic E-state index is 5.67. The van der Waals surface area contributed by atoms with Crippen molar-refractivity contribution in [2.45, 2.75) is 77.9 Å². The van der Waals surface area contributed by atoms with E-state index in [2.05, 4.69) is 59.8 Å². The molecule has 24 heavy (non-hydrogen) atoms. The van der Waals surface area contributed by atoms with Gasteiger partial charge in [-0.25, -0.2) is 0 Å². The molecule has 1 aromatic carbocycles. The van der Waals surface area contributed by atoms with E-state index in [1.54, 1.807) is 0 Å². The Morgan fingerprint density at radius 1 is 1.25 bits per heavy atom. The lowest BCUT2D eigenvalue weighted by Crippen LogP contribution is -2.25. The fraction of sp³-hybridized carbons (Fsp3) is 0.591. The van der Waals surface area contributed by atoms with Crippen molar-refractivity contribution in [1.82, 2.24) is 0 Å². The van der Waals surface area contributed by atoms with E-state index >= 15 is 0 Å². The fourth-order valence-electron chi connectivity index (χ4n) is 4.59. The van der Waals surface area contributed by atoms with Gasteiger partial charge < -0.3 is 4.74 Å². The summed E-state index contributed by atoms with van der Waals surface area (Å²) in [6.07, 6.45) is 4.84. The van der Waals surface area contributed by atoms with Gasteiger partial charge in [-0.05, 0) is 37.8 Å². The first-order valence-electron chi connectivity index (χ1n) is 9.28. The molecule has 0 bridgehead atoms. The van der Waals surface area contributed by atoms with Crippen molar-refractivity contribution in [3.8, 4) is 0 Å². The lowest BCUT2D eigenvalue weighted by Gasteiger charge is -2.33. The molecule has 3 rings (SSSR count). The van der Waals surface area contributed by atoms with E-state index in [1.807, 2.05) is 7.11 Å². The molecular formula is C22H31NO. The highest BCUT2D eigenvalue weighted by atomic mass is 16.5. The summed E-state index contributed by atoms with van der Waals surface area (Å²) in [4.78, 5) is 4.96. The molecule has 1 fully saturated rings. The van der Waals surface area contributed by atoms with E-state index in [-0.39, 0.29) is 11.5 Å². The van der Waals surface area contributed by atoms with Crippen LogP contribution in [0.1, 0.15) is 75.6 Å². The molecule has 130 valence electrons. The van der Waals surface area contributed by atoms with Crippen LogP contribution in [0.25, 0.3) is 0 Å². The molecule has 3 unspecified atom stereocenters. The van der Waals surface area contributed by atoms with Gasteiger partial charge in [0.05, 0.1) is 12.1 Å². The quantitative estimate of drug-likeness (QED) is 0.671. The number of aryl methyl sites for hydroxylation is 1. The van der Waals surface area contributed by atoms with Crippen LogP contribution in [0, 0.1) is 6.92 Å². The van der Waals surface area contributed by atoms with Gasteiger partial charge in [0, 0.05) is 29.7 Å². The molecule has 3 atom stereocenters. The second-order valence-electron chi connectivity index (χ2n) is 7.82. The zero-order valence-electron chi connectivity index (χ0n) is 16.2. The topological polar surface area (TPSA) is 21.6 Å². The summed E-state index contributed by atoms with van der Waals surface area (Å²) in [6, 6.07) is 5.07. The van der Waals surface area contributed by atoms with Crippen LogP contribution < -0.4 is 0 Å². The molecule has 1 aliphatic carbocycles. The Hall–Kier alpha value is -1.41. The van der Waals surface area contributed by atoms with Crippen LogP contribution in [-0.4, -0.2) is 25.0 Å². The molecule has 0 saturated heterocycles. The lowest BCUT2D eigenvalue weighted by atomic mass is 9.71. The average Bonchev–Trinajstić information content (AvgIpc) is 3.24. The molecule has 1 aliphatic heterocycles. The number of hydrogen-bond donors (Lipinski definition) is 0. The predicted octanol–water partition coefficient (Wildman–Crippen LogP) is 5.32. The smallest absolute Gasteiger partial charge is 0.0891 e. The summed E-state index contributed by atoms with van der Waals surface area (Å²) in [5, 5.41) is 0. The fourth-order valence-corrected chi connectivity index (χ4v) is 4.59. The van der Waals surface area contributed by atoms with Crippen LogP contribution >= 0.6 is 0 Å². The molecule has 0 N–H and O–H groups in total. The highest BCUT2D eigenvalue weighted by Crippen LogP contribution is 2.52. The summed E-state index contributed by atoms with van der Waals surface area (Å²) >= 11 is 0. The maximum Gasteiger partial charge on any atom is 0.0891 e. The van der Waals surface area contributed by atoms with Crippen molar-refractivity contribution < 1.29 is 4.74 Å². The summed E-state index contributed by atoms with van der Waals surface area (Å²) in [5.41, 5.74) is 8.34. The molecule has 2 nitrogen and oxygen atoms in total. The number of rotatable bonds is 5.